The van der Waals surface area contributed by atoms with Gasteiger partial charge in [-0.2, -0.15) is 0 Å². The largest absolute Gasteiger partial charge is 0.283 e. The average Bonchev–Trinajstić information content (AvgIpc) is 2.74. The maximum absolute atomic E-state index is 13.5. The summed E-state index contributed by atoms with van der Waals surface area (Å²) in [5, 5.41) is 0. The van der Waals surface area contributed by atoms with Crippen LogP contribution in [-0.2, 0) is 0 Å². The lowest BCUT2D eigenvalue weighted by atomic mass is 10.1. The summed E-state index contributed by atoms with van der Waals surface area (Å²) in [5.74, 6) is 0. The van der Waals surface area contributed by atoms with Crippen LogP contribution in [0.1, 0.15) is 5.56 Å². The van der Waals surface area contributed by atoms with E-state index in [0.29, 0.717) is 11.0 Å². The van der Waals surface area contributed by atoms with Crippen molar-refractivity contribution >= 4 is 22.1 Å². The molecule has 28 heavy (non-hydrogen) atoms. The Bertz CT molecular complexity index is 1370. The minimum absolute atomic E-state index is 0.169. The highest BCUT2D eigenvalue weighted by molar-refractivity contribution is 5.88. The minimum atomic E-state index is -0.169. The molecule has 0 N–H and O–H groups in total. The number of nitrogens with zero attached hydrogens (tertiary/aromatic N) is 3. The number of fused-ring (bicyclic) bond motifs is 2. The Hall–Kier alpha value is -3.79. The summed E-state index contributed by atoms with van der Waals surface area (Å²) in [5.41, 5.74) is 6.04. The van der Waals surface area contributed by atoms with E-state index in [4.69, 9.17) is 4.98 Å². The Morgan fingerprint density at radius 3 is 2.07 bits per heavy atom. The van der Waals surface area contributed by atoms with E-state index in [1.54, 1.807) is 4.57 Å². The van der Waals surface area contributed by atoms with E-state index in [2.05, 4.69) is 4.98 Å². The molecule has 5 rings (SSSR count). The minimum Gasteiger partial charge on any atom is -0.275 e. The Morgan fingerprint density at radius 2 is 1.36 bits per heavy atom. The van der Waals surface area contributed by atoms with Crippen molar-refractivity contribution in [1.29, 1.82) is 0 Å². The molecule has 0 aliphatic rings. The van der Waals surface area contributed by atoms with E-state index in [1.807, 2.05) is 91.9 Å². The van der Waals surface area contributed by atoms with E-state index in [-0.39, 0.29) is 5.56 Å². The van der Waals surface area contributed by atoms with Crippen LogP contribution in [0.25, 0.3) is 39.0 Å². The number of para-hydroxylation sites is 3. The van der Waals surface area contributed by atoms with Crippen LogP contribution in [0.5, 0.6) is 0 Å². The van der Waals surface area contributed by atoms with Crippen LogP contribution in [0.4, 0.5) is 0 Å². The van der Waals surface area contributed by atoms with Crippen molar-refractivity contribution in [3.63, 3.8) is 0 Å². The highest BCUT2D eigenvalue weighted by Gasteiger charge is 2.15. The van der Waals surface area contributed by atoms with Gasteiger partial charge in [0, 0.05) is 5.69 Å². The maximum atomic E-state index is 13.5. The van der Waals surface area contributed by atoms with Crippen LogP contribution in [-0.4, -0.2) is 14.5 Å². The van der Waals surface area contributed by atoms with Gasteiger partial charge in [-0.25, -0.2) is 9.97 Å². The molecule has 0 saturated heterocycles. The summed E-state index contributed by atoms with van der Waals surface area (Å²) in [4.78, 5) is 22.8. The van der Waals surface area contributed by atoms with Crippen molar-refractivity contribution in [2.75, 3.05) is 0 Å². The first-order valence-corrected chi connectivity index (χ1v) is 9.16. The summed E-state index contributed by atoms with van der Waals surface area (Å²) in [6, 6.07) is 27.4. The fraction of sp³-hybridized carbons (Fsp3) is 0.0417. The van der Waals surface area contributed by atoms with E-state index in [0.717, 1.165) is 28.0 Å². The van der Waals surface area contributed by atoms with Crippen molar-refractivity contribution in [3.8, 4) is 16.9 Å². The van der Waals surface area contributed by atoms with Crippen LogP contribution < -0.4 is 5.56 Å². The molecule has 0 aliphatic carbocycles. The number of pyridine rings is 1. The van der Waals surface area contributed by atoms with Crippen LogP contribution in [0, 0.1) is 6.92 Å². The van der Waals surface area contributed by atoms with Crippen molar-refractivity contribution in [2.24, 2.45) is 0 Å². The number of rotatable bonds is 2. The summed E-state index contributed by atoms with van der Waals surface area (Å²) in [7, 11) is 0. The summed E-state index contributed by atoms with van der Waals surface area (Å²) in [6.07, 6.45) is 0. The van der Waals surface area contributed by atoms with Crippen LogP contribution >= 0.6 is 0 Å². The predicted molar refractivity (Wildman–Crippen MR) is 113 cm³/mol. The van der Waals surface area contributed by atoms with Gasteiger partial charge in [-0.3, -0.25) is 9.36 Å². The molecule has 0 radical (unpaired) electrons. The molecule has 0 saturated carbocycles. The fourth-order valence-corrected chi connectivity index (χ4v) is 3.45. The van der Waals surface area contributed by atoms with Crippen LogP contribution in [0.3, 0.4) is 0 Å². The van der Waals surface area contributed by atoms with Gasteiger partial charge in [-0.05, 0) is 42.8 Å². The first-order chi connectivity index (χ1) is 13.7. The van der Waals surface area contributed by atoms with Crippen molar-refractivity contribution in [1.82, 2.24) is 14.5 Å². The molecule has 3 aromatic carbocycles. The third-order valence-corrected chi connectivity index (χ3v) is 4.88. The van der Waals surface area contributed by atoms with Gasteiger partial charge in [-0.15, -0.1) is 0 Å². The fourth-order valence-electron chi connectivity index (χ4n) is 3.45. The first-order valence-electron chi connectivity index (χ1n) is 9.16. The molecule has 0 aliphatic heterocycles. The molecule has 4 heteroatoms. The highest BCUT2D eigenvalue weighted by atomic mass is 16.1. The SMILES string of the molecule is Cc1ccc(-c2cc3nc4ccccc4nc3c(=O)n2-c2ccccc2)cc1. The van der Waals surface area contributed by atoms with E-state index in [9.17, 15) is 4.79 Å². The number of benzene rings is 3. The lowest BCUT2D eigenvalue weighted by molar-refractivity contribution is 1.01. The Kier molecular flexibility index (Phi) is 3.76. The summed E-state index contributed by atoms with van der Waals surface area (Å²) < 4.78 is 1.72. The number of aromatic nitrogens is 3. The zero-order valence-electron chi connectivity index (χ0n) is 15.3. The maximum Gasteiger partial charge on any atom is 0.283 e. The molecule has 2 heterocycles. The monoisotopic (exact) mass is 363 g/mol. The zero-order valence-corrected chi connectivity index (χ0v) is 15.3. The predicted octanol–water partition coefficient (Wildman–Crippen LogP) is 4.91. The van der Waals surface area contributed by atoms with Crippen LogP contribution in [0.15, 0.2) is 89.7 Å². The second-order valence-corrected chi connectivity index (χ2v) is 6.82. The number of aryl methyl sites for hydroxylation is 1. The van der Waals surface area contributed by atoms with Gasteiger partial charge in [0.1, 0.15) is 0 Å². The Balaban J connectivity index is 1.91. The van der Waals surface area contributed by atoms with Gasteiger partial charge >= 0.3 is 0 Å². The van der Waals surface area contributed by atoms with Crippen molar-refractivity contribution in [2.45, 2.75) is 6.92 Å². The van der Waals surface area contributed by atoms with Gasteiger partial charge in [0.15, 0.2) is 5.52 Å². The highest BCUT2D eigenvalue weighted by Crippen LogP contribution is 2.25. The molecule has 0 unspecified atom stereocenters. The average molecular weight is 363 g/mol. The summed E-state index contributed by atoms with van der Waals surface area (Å²) in [6.45, 7) is 2.05. The molecule has 0 atom stereocenters. The van der Waals surface area contributed by atoms with Gasteiger partial charge in [0.05, 0.1) is 22.2 Å². The molecule has 4 nitrogen and oxygen atoms in total. The normalized spacial score (nSPS) is 11.2. The van der Waals surface area contributed by atoms with E-state index >= 15 is 0 Å². The Labute approximate surface area is 161 Å². The third kappa shape index (κ3) is 2.67. The topological polar surface area (TPSA) is 47.8 Å². The van der Waals surface area contributed by atoms with E-state index in [1.165, 1.54) is 5.56 Å². The zero-order chi connectivity index (χ0) is 19.1. The molecule has 0 fully saturated rings. The number of hydrogen-bond acceptors (Lipinski definition) is 3. The quantitative estimate of drug-likeness (QED) is 0.419. The molecular formula is C24H17N3O. The standard InChI is InChI=1S/C24H17N3O/c1-16-11-13-17(14-12-16)22-15-21-23(26-20-10-6-5-9-19(20)25-21)24(28)27(22)18-7-3-2-4-8-18/h2-15H,1H3. The lowest BCUT2D eigenvalue weighted by Gasteiger charge is -2.15. The molecule has 5 aromatic rings. The smallest absolute Gasteiger partial charge is 0.275 e. The molecule has 0 amide bonds. The number of hydrogen-bond donors (Lipinski definition) is 0. The van der Waals surface area contributed by atoms with Crippen molar-refractivity contribution in [3.05, 3.63) is 101 Å². The molecule has 0 bridgehead atoms. The lowest BCUT2D eigenvalue weighted by Crippen LogP contribution is -2.21. The van der Waals surface area contributed by atoms with Gasteiger partial charge in [-0.1, -0.05) is 60.2 Å². The Morgan fingerprint density at radius 1 is 0.714 bits per heavy atom. The molecule has 2 aromatic heterocycles. The second-order valence-electron chi connectivity index (χ2n) is 6.82. The first kappa shape index (κ1) is 16.4. The van der Waals surface area contributed by atoms with Crippen molar-refractivity contribution < 1.29 is 0 Å². The summed E-state index contributed by atoms with van der Waals surface area (Å²) >= 11 is 0. The van der Waals surface area contributed by atoms with Gasteiger partial charge in [0.25, 0.3) is 5.56 Å². The second kappa shape index (κ2) is 6.43. The molecule has 134 valence electrons. The van der Waals surface area contributed by atoms with Crippen LogP contribution in [0.2, 0.25) is 0 Å². The van der Waals surface area contributed by atoms with Gasteiger partial charge in [0.2, 0.25) is 0 Å². The van der Waals surface area contributed by atoms with E-state index < -0.39 is 0 Å². The molecular weight excluding hydrogens is 346 g/mol. The third-order valence-electron chi connectivity index (χ3n) is 4.88. The van der Waals surface area contributed by atoms with Gasteiger partial charge < -0.3 is 0 Å². The molecule has 0 spiro atoms.